The van der Waals surface area contributed by atoms with Crippen molar-refractivity contribution in [2.24, 2.45) is 0 Å². The molecule has 0 saturated carbocycles. The highest BCUT2D eigenvalue weighted by Crippen LogP contribution is 2.28. The average Bonchev–Trinajstić information content (AvgIpc) is 3.30. The Morgan fingerprint density at radius 3 is 2.56 bits per heavy atom. The number of hydrogen-bond acceptors (Lipinski definition) is 6. The molecule has 32 heavy (non-hydrogen) atoms. The summed E-state index contributed by atoms with van der Waals surface area (Å²) in [6.45, 7) is 4.06. The zero-order valence-electron chi connectivity index (χ0n) is 18.0. The molecule has 0 unspecified atom stereocenters. The third-order valence-corrected chi connectivity index (χ3v) is 4.93. The van der Waals surface area contributed by atoms with Crippen molar-refractivity contribution >= 4 is 11.9 Å². The zero-order valence-corrected chi connectivity index (χ0v) is 18.0. The monoisotopic (exact) mass is 447 g/mol. The van der Waals surface area contributed by atoms with Crippen LogP contribution in [0.15, 0.2) is 43.0 Å². The highest BCUT2D eigenvalue weighted by atomic mass is 19.4. The number of halogens is 3. The van der Waals surface area contributed by atoms with Crippen molar-refractivity contribution in [3.05, 3.63) is 59.9 Å². The number of nitrogens with zero attached hydrogens (tertiary/aromatic N) is 6. The van der Waals surface area contributed by atoms with Crippen molar-refractivity contribution in [1.82, 2.24) is 29.6 Å². The fourth-order valence-electron chi connectivity index (χ4n) is 3.18. The molecule has 1 amide bonds. The number of aryl methyl sites for hydroxylation is 1. The number of carbonyl (C=O) groups is 1. The molecule has 0 aliphatic heterocycles. The van der Waals surface area contributed by atoms with E-state index in [1.807, 2.05) is 6.92 Å². The largest absolute Gasteiger partial charge is 0.419 e. The summed E-state index contributed by atoms with van der Waals surface area (Å²) in [4.78, 5) is 26.8. The molecule has 1 atom stereocenters. The van der Waals surface area contributed by atoms with Gasteiger partial charge in [0.15, 0.2) is 5.69 Å². The van der Waals surface area contributed by atoms with Gasteiger partial charge in [0, 0.05) is 50.1 Å². The number of nitrogens with one attached hydrogen (secondary N) is 1. The molecule has 0 aliphatic carbocycles. The number of anilines is 1. The summed E-state index contributed by atoms with van der Waals surface area (Å²) in [5.74, 6) is -0.223. The van der Waals surface area contributed by atoms with E-state index in [1.165, 1.54) is 0 Å². The first kappa shape index (κ1) is 23.2. The normalized spacial score (nSPS) is 12.4. The van der Waals surface area contributed by atoms with E-state index < -0.39 is 11.7 Å². The van der Waals surface area contributed by atoms with Gasteiger partial charge in [-0.05, 0) is 31.5 Å². The Bertz CT molecular complexity index is 1040. The standard InChI is InChI=1S/C21H24F3N7O/c1-4-6-16(13-27-20-25-11-15(12-26-20)21(22,23)24)30(3)19(32)18-17(8-7-14(2)29-18)31-10-5-9-28-31/h5,7-12,16H,4,6,13H2,1-3H3,(H,25,26,27)/t16-/m0/s1. The van der Waals surface area contributed by atoms with Crippen LogP contribution in [-0.2, 0) is 6.18 Å². The van der Waals surface area contributed by atoms with Gasteiger partial charge in [0.05, 0.1) is 11.3 Å². The van der Waals surface area contributed by atoms with Crippen LogP contribution in [0.2, 0.25) is 0 Å². The average molecular weight is 447 g/mol. The van der Waals surface area contributed by atoms with Gasteiger partial charge in [-0.3, -0.25) is 4.79 Å². The van der Waals surface area contributed by atoms with Crippen LogP contribution in [0.3, 0.4) is 0 Å². The topological polar surface area (TPSA) is 88.8 Å². The van der Waals surface area contributed by atoms with Gasteiger partial charge in [-0.1, -0.05) is 13.3 Å². The van der Waals surface area contributed by atoms with Gasteiger partial charge >= 0.3 is 6.18 Å². The minimum absolute atomic E-state index is 0.0610. The molecule has 0 fully saturated rings. The maximum atomic E-state index is 13.3. The van der Waals surface area contributed by atoms with E-state index in [4.69, 9.17) is 0 Å². The summed E-state index contributed by atoms with van der Waals surface area (Å²) in [6, 6.07) is 5.10. The lowest BCUT2D eigenvalue weighted by Gasteiger charge is -2.28. The van der Waals surface area contributed by atoms with Crippen LogP contribution in [0.5, 0.6) is 0 Å². The second-order valence-electron chi connectivity index (χ2n) is 7.30. The van der Waals surface area contributed by atoms with Gasteiger partial charge in [-0.25, -0.2) is 19.6 Å². The van der Waals surface area contributed by atoms with Crippen molar-refractivity contribution < 1.29 is 18.0 Å². The van der Waals surface area contributed by atoms with E-state index in [0.29, 0.717) is 17.8 Å². The van der Waals surface area contributed by atoms with E-state index in [9.17, 15) is 18.0 Å². The Kier molecular flexibility index (Phi) is 7.06. The van der Waals surface area contributed by atoms with Gasteiger partial charge in [-0.15, -0.1) is 0 Å². The summed E-state index contributed by atoms with van der Waals surface area (Å²) >= 11 is 0. The number of aromatic nitrogens is 5. The van der Waals surface area contributed by atoms with Crippen LogP contribution < -0.4 is 5.32 Å². The van der Waals surface area contributed by atoms with Crippen molar-refractivity contribution in [3.63, 3.8) is 0 Å². The first-order chi connectivity index (χ1) is 15.2. The third kappa shape index (κ3) is 5.40. The van der Waals surface area contributed by atoms with Crippen LogP contribution in [0.25, 0.3) is 5.69 Å². The van der Waals surface area contributed by atoms with Gasteiger partial charge in [0.25, 0.3) is 5.91 Å². The second kappa shape index (κ2) is 9.75. The Morgan fingerprint density at radius 2 is 1.97 bits per heavy atom. The molecular weight excluding hydrogens is 423 g/mol. The Hall–Kier alpha value is -3.50. The SMILES string of the molecule is CCC[C@@H](CNc1ncc(C(F)(F)F)cn1)N(C)C(=O)c1nc(C)ccc1-n1cccn1. The Balaban J connectivity index is 1.77. The van der Waals surface area contributed by atoms with Gasteiger partial charge < -0.3 is 10.2 Å². The van der Waals surface area contributed by atoms with Crippen LogP contribution in [0, 0.1) is 6.92 Å². The van der Waals surface area contributed by atoms with E-state index >= 15 is 0 Å². The lowest BCUT2D eigenvalue weighted by atomic mass is 10.1. The van der Waals surface area contributed by atoms with E-state index in [-0.39, 0.29) is 30.1 Å². The number of carbonyl (C=O) groups excluding carboxylic acids is 1. The van der Waals surface area contributed by atoms with Crippen molar-refractivity contribution in [2.75, 3.05) is 18.9 Å². The van der Waals surface area contributed by atoms with Crippen molar-refractivity contribution in [3.8, 4) is 5.69 Å². The summed E-state index contributed by atoms with van der Waals surface area (Å²) < 4.78 is 39.7. The zero-order chi connectivity index (χ0) is 23.3. The molecule has 8 nitrogen and oxygen atoms in total. The summed E-state index contributed by atoms with van der Waals surface area (Å²) in [5.41, 5.74) is 0.605. The molecule has 3 rings (SSSR count). The van der Waals surface area contributed by atoms with Gasteiger partial charge in [-0.2, -0.15) is 18.3 Å². The summed E-state index contributed by atoms with van der Waals surface area (Å²) in [5, 5.41) is 7.12. The number of hydrogen-bond donors (Lipinski definition) is 1. The highest BCUT2D eigenvalue weighted by molar-refractivity contribution is 5.96. The van der Waals surface area contributed by atoms with Crippen LogP contribution in [0.1, 0.15) is 41.5 Å². The van der Waals surface area contributed by atoms with Crippen LogP contribution in [0.4, 0.5) is 19.1 Å². The number of amides is 1. The minimum Gasteiger partial charge on any atom is -0.352 e. The smallest absolute Gasteiger partial charge is 0.352 e. The molecule has 0 bridgehead atoms. The predicted octanol–water partition coefficient (Wildman–Crippen LogP) is 3.74. The fourth-order valence-corrected chi connectivity index (χ4v) is 3.18. The molecule has 0 aliphatic rings. The fraction of sp³-hybridized carbons (Fsp3) is 0.381. The molecule has 0 aromatic carbocycles. The Labute approximate surface area is 183 Å². The molecule has 3 aromatic rings. The quantitative estimate of drug-likeness (QED) is 0.566. The molecule has 3 aromatic heterocycles. The number of rotatable bonds is 8. The molecule has 170 valence electrons. The predicted molar refractivity (Wildman–Crippen MR) is 112 cm³/mol. The maximum Gasteiger partial charge on any atom is 0.419 e. The van der Waals surface area contributed by atoms with E-state index in [1.54, 1.807) is 54.1 Å². The molecular formula is C21H24F3N7O. The first-order valence-electron chi connectivity index (χ1n) is 10.1. The first-order valence-corrected chi connectivity index (χ1v) is 10.1. The molecule has 1 N–H and O–H groups in total. The Morgan fingerprint density at radius 1 is 1.25 bits per heavy atom. The van der Waals surface area contributed by atoms with Crippen molar-refractivity contribution in [1.29, 1.82) is 0 Å². The summed E-state index contributed by atoms with van der Waals surface area (Å²) in [7, 11) is 1.68. The number of pyridine rings is 1. The van der Waals surface area contributed by atoms with E-state index in [0.717, 1.165) is 18.8 Å². The van der Waals surface area contributed by atoms with Crippen LogP contribution >= 0.6 is 0 Å². The molecule has 0 spiro atoms. The number of likely N-dealkylation sites (N-methyl/N-ethyl adjacent to an activating group) is 1. The maximum absolute atomic E-state index is 13.3. The lowest BCUT2D eigenvalue weighted by Crippen LogP contribution is -2.42. The molecule has 0 radical (unpaired) electrons. The molecule has 11 heteroatoms. The van der Waals surface area contributed by atoms with Gasteiger partial charge in [0.2, 0.25) is 5.95 Å². The lowest BCUT2D eigenvalue weighted by molar-refractivity contribution is -0.138. The van der Waals surface area contributed by atoms with Crippen molar-refractivity contribution in [2.45, 2.75) is 38.9 Å². The minimum atomic E-state index is -4.50. The summed E-state index contributed by atoms with van der Waals surface area (Å²) in [6.07, 6.45) is 1.77. The molecule has 0 saturated heterocycles. The second-order valence-corrected chi connectivity index (χ2v) is 7.30. The van der Waals surface area contributed by atoms with Crippen LogP contribution in [-0.4, -0.2) is 55.2 Å². The number of alkyl halides is 3. The van der Waals surface area contributed by atoms with E-state index in [2.05, 4.69) is 25.4 Å². The van der Waals surface area contributed by atoms with Gasteiger partial charge in [0.1, 0.15) is 0 Å². The third-order valence-electron chi connectivity index (χ3n) is 4.93. The highest BCUT2D eigenvalue weighted by Gasteiger charge is 2.31. The molecule has 3 heterocycles.